The number of thioether (sulfide) groups is 1. The molecule has 0 radical (unpaired) electrons. The van der Waals surface area contributed by atoms with Crippen molar-refractivity contribution in [3.63, 3.8) is 0 Å². The lowest BCUT2D eigenvalue weighted by molar-refractivity contribution is -0.136. The number of carbonyl (C=O) groups excluding carboxylic acids is 1. The van der Waals surface area contributed by atoms with Crippen molar-refractivity contribution in [1.29, 1.82) is 0 Å². The number of carboxylic acids is 1. The fourth-order valence-corrected chi connectivity index (χ4v) is 2.46. The van der Waals surface area contributed by atoms with Crippen LogP contribution in [0, 0.1) is 0 Å². The zero-order valence-electron chi connectivity index (χ0n) is 12.4. The summed E-state index contributed by atoms with van der Waals surface area (Å²) in [6.07, 6.45) is -0.0829. The molecule has 116 valence electrons. The highest BCUT2D eigenvalue weighted by atomic mass is 32.2. The number of hydrogen-bond donors (Lipinski definition) is 2. The van der Waals surface area contributed by atoms with Crippen LogP contribution in [0.3, 0.4) is 0 Å². The van der Waals surface area contributed by atoms with Gasteiger partial charge in [-0.25, -0.2) is 4.79 Å². The smallest absolute Gasteiger partial charge is 0.322 e. The average molecular weight is 310 g/mol. The van der Waals surface area contributed by atoms with Crippen molar-refractivity contribution in [2.75, 3.05) is 23.0 Å². The molecule has 0 saturated carbocycles. The largest absolute Gasteiger partial charge is 0.481 e. The summed E-state index contributed by atoms with van der Waals surface area (Å²) >= 11 is 1.76. The van der Waals surface area contributed by atoms with E-state index >= 15 is 0 Å². The average Bonchev–Trinajstić information content (AvgIpc) is 2.46. The number of carboxylic acid groups (broad SMARTS) is 1. The van der Waals surface area contributed by atoms with Crippen LogP contribution in [0.5, 0.6) is 0 Å². The van der Waals surface area contributed by atoms with E-state index in [1.54, 1.807) is 23.9 Å². The van der Waals surface area contributed by atoms with Crippen molar-refractivity contribution in [3.8, 4) is 0 Å². The molecule has 1 aromatic carbocycles. The van der Waals surface area contributed by atoms with Gasteiger partial charge >= 0.3 is 12.0 Å². The summed E-state index contributed by atoms with van der Waals surface area (Å²) in [4.78, 5) is 24.6. The van der Waals surface area contributed by atoms with E-state index in [0.29, 0.717) is 5.69 Å². The third-order valence-electron chi connectivity index (χ3n) is 2.80. The molecule has 2 N–H and O–H groups in total. The first kappa shape index (κ1) is 17.4. The van der Waals surface area contributed by atoms with Gasteiger partial charge in [0.15, 0.2) is 0 Å². The van der Waals surface area contributed by atoms with Crippen LogP contribution in [0.15, 0.2) is 30.3 Å². The molecule has 0 spiro atoms. The Bertz CT molecular complexity index is 453. The minimum absolute atomic E-state index is 0.0403. The number of para-hydroxylation sites is 1. The highest BCUT2D eigenvalue weighted by Crippen LogP contribution is 2.14. The van der Waals surface area contributed by atoms with E-state index in [1.807, 2.05) is 25.1 Å². The molecule has 0 bridgehead atoms. The van der Waals surface area contributed by atoms with E-state index in [0.717, 1.165) is 11.5 Å². The normalized spacial score (nSPS) is 11.7. The van der Waals surface area contributed by atoms with Crippen LogP contribution in [0.1, 0.15) is 20.3 Å². The fraction of sp³-hybridized carbons (Fsp3) is 0.467. The minimum Gasteiger partial charge on any atom is -0.481 e. The molecule has 0 aromatic heterocycles. The molecule has 0 aliphatic carbocycles. The molecule has 0 aliphatic rings. The van der Waals surface area contributed by atoms with Gasteiger partial charge in [-0.1, -0.05) is 25.1 Å². The molecule has 6 heteroatoms. The Morgan fingerprint density at radius 2 is 2.00 bits per heavy atom. The van der Waals surface area contributed by atoms with E-state index < -0.39 is 5.97 Å². The van der Waals surface area contributed by atoms with E-state index in [4.69, 9.17) is 5.11 Å². The summed E-state index contributed by atoms with van der Waals surface area (Å²) in [7, 11) is 0. The first-order valence-electron chi connectivity index (χ1n) is 6.97. The molecule has 1 rings (SSSR count). The number of benzene rings is 1. The van der Waals surface area contributed by atoms with Gasteiger partial charge in [0.05, 0.1) is 6.42 Å². The molecule has 21 heavy (non-hydrogen) atoms. The van der Waals surface area contributed by atoms with Crippen molar-refractivity contribution in [1.82, 2.24) is 5.32 Å². The molecule has 0 saturated heterocycles. The Hall–Kier alpha value is -1.69. The zero-order chi connectivity index (χ0) is 15.7. The van der Waals surface area contributed by atoms with E-state index in [1.165, 1.54) is 4.90 Å². The molecule has 5 nitrogen and oxygen atoms in total. The van der Waals surface area contributed by atoms with Crippen molar-refractivity contribution in [2.24, 2.45) is 0 Å². The molecule has 0 heterocycles. The fourth-order valence-electron chi connectivity index (χ4n) is 1.79. The summed E-state index contributed by atoms with van der Waals surface area (Å²) in [5.74, 6) is 0.920. The lowest BCUT2D eigenvalue weighted by Crippen LogP contribution is -2.45. The Morgan fingerprint density at radius 1 is 1.33 bits per heavy atom. The Kier molecular flexibility index (Phi) is 7.68. The summed E-state index contributed by atoms with van der Waals surface area (Å²) in [5.41, 5.74) is 0.701. The summed E-state index contributed by atoms with van der Waals surface area (Å²) in [6, 6.07) is 8.89. The molecule has 1 aromatic rings. The van der Waals surface area contributed by atoms with Crippen LogP contribution in [-0.2, 0) is 4.79 Å². The number of nitrogens with zero attached hydrogens (tertiary/aromatic N) is 1. The first-order valence-corrected chi connectivity index (χ1v) is 8.12. The van der Waals surface area contributed by atoms with Crippen LogP contribution in [0.2, 0.25) is 0 Å². The molecule has 2 amide bonds. The number of amides is 2. The van der Waals surface area contributed by atoms with Crippen LogP contribution >= 0.6 is 11.8 Å². The van der Waals surface area contributed by atoms with Crippen LogP contribution in [-0.4, -0.2) is 41.2 Å². The monoisotopic (exact) mass is 310 g/mol. The number of nitrogens with one attached hydrogen (secondary N) is 1. The topological polar surface area (TPSA) is 69.6 Å². The van der Waals surface area contributed by atoms with Gasteiger partial charge in [0, 0.05) is 24.0 Å². The second kappa shape index (κ2) is 9.28. The summed E-state index contributed by atoms with van der Waals surface area (Å²) in [6.45, 7) is 4.17. The lowest BCUT2D eigenvalue weighted by Gasteiger charge is -2.24. The summed E-state index contributed by atoms with van der Waals surface area (Å²) in [5, 5.41) is 11.7. The van der Waals surface area contributed by atoms with Crippen molar-refractivity contribution >= 4 is 29.4 Å². The second-order valence-electron chi connectivity index (χ2n) is 4.64. The Balaban J connectivity index is 2.71. The zero-order valence-corrected chi connectivity index (χ0v) is 13.2. The molecule has 1 atom stereocenters. The highest BCUT2D eigenvalue weighted by molar-refractivity contribution is 7.99. The number of carbonyl (C=O) groups is 2. The van der Waals surface area contributed by atoms with Gasteiger partial charge in [0.25, 0.3) is 0 Å². The number of rotatable bonds is 8. The van der Waals surface area contributed by atoms with Gasteiger partial charge in [0.1, 0.15) is 0 Å². The lowest BCUT2D eigenvalue weighted by atomic mass is 10.2. The van der Waals surface area contributed by atoms with Gasteiger partial charge in [0.2, 0.25) is 0 Å². The van der Waals surface area contributed by atoms with E-state index in [9.17, 15) is 9.59 Å². The standard InChI is InChI=1S/C15H22N2O3S/c1-3-21-11-12(2)16-15(20)17(10-9-14(18)19)13-7-5-4-6-8-13/h4-8,12H,3,9-11H2,1-2H3,(H,16,20)(H,18,19). The van der Waals surface area contributed by atoms with Crippen LogP contribution in [0.25, 0.3) is 0 Å². The quantitative estimate of drug-likeness (QED) is 0.774. The maximum Gasteiger partial charge on any atom is 0.322 e. The Morgan fingerprint density at radius 3 is 2.57 bits per heavy atom. The maximum atomic E-state index is 12.3. The van der Waals surface area contributed by atoms with Gasteiger partial charge in [-0.3, -0.25) is 9.69 Å². The predicted octanol–water partition coefficient (Wildman–Crippen LogP) is 2.82. The predicted molar refractivity (Wildman–Crippen MR) is 87.0 cm³/mol. The van der Waals surface area contributed by atoms with Crippen molar-refractivity contribution in [2.45, 2.75) is 26.3 Å². The molecular weight excluding hydrogens is 288 g/mol. The number of hydrogen-bond acceptors (Lipinski definition) is 3. The summed E-state index contributed by atoms with van der Waals surface area (Å²) < 4.78 is 0. The SMILES string of the molecule is CCSCC(C)NC(=O)N(CCC(=O)O)c1ccccc1. The molecule has 1 unspecified atom stereocenters. The number of aliphatic carboxylic acids is 1. The molecule has 0 fully saturated rings. The number of urea groups is 1. The van der Waals surface area contributed by atoms with Gasteiger partial charge in [-0.15, -0.1) is 0 Å². The third-order valence-corrected chi connectivity index (χ3v) is 3.95. The molecule has 0 aliphatic heterocycles. The van der Waals surface area contributed by atoms with Crippen LogP contribution in [0.4, 0.5) is 10.5 Å². The van der Waals surface area contributed by atoms with E-state index in [-0.39, 0.29) is 25.0 Å². The van der Waals surface area contributed by atoms with Gasteiger partial charge < -0.3 is 10.4 Å². The van der Waals surface area contributed by atoms with Gasteiger partial charge in [-0.2, -0.15) is 11.8 Å². The Labute approximate surface area is 129 Å². The van der Waals surface area contributed by atoms with E-state index in [2.05, 4.69) is 12.2 Å². The maximum absolute atomic E-state index is 12.3. The highest BCUT2D eigenvalue weighted by Gasteiger charge is 2.18. The van der Waals surface area contributed by atoms with Gasteiger partial charge in [-0.05, 0) is 24.8 Å². The number of anilines is 1. The van der Waals surface area contributed by atoms with Crippen molar-refractivity contribution < 1.29 is 14.7 Å². The molecular formula is C15H22N2O3S. The first-order chi connectivity index (χ1) is 10.0. The third kappa shape index (κ3) is 6.53. The van der Waals surface area contributed by atoms with Crippen molar-refractivity contribution in [3.05, 3.63) is 30.3 Å². The van der Waals surface area contributed by atoms with Crippen LogP contribution < -0.4 is 10.2 Å². The second-order valence-corrected chi connectivity index (χ2v) is 5.96. The minimum atomic E-state index is -0.918.